The topological polar surface area (TPSA) is 52.6 Å². The number of rotatable bonds is 4. The molecule has 122 valence electrons. The molecule has 5 nitrogen and oxygen atoms in total. The molecule has 0 aliphatic carbocycles. The molecule has 1 aliphatic rings. The summed E-state index contributed by atoms with van der Waals surface area (Å²) in [6, 6.07) is 8.25. The Kier molecular flexibility index (Phi) is 5.35. The zero-order valence-electron chi connectivity index (χ0n) is 13.0. The van der Waals surface area contributed by atoms with Gasteiger partial charge in [0, 0.05) is 37.3 Å². The van der Waals surface area contributed by atoms with Crippen LogP contribution in [0.25, 0.3) is 0 Å². The number of nitrogens with zero attached hydrogens (tertiary/aromatic N) is 3. The highest BCUT2D eigenvalue weighted by molar-refractivity contribution is 7.09. The minimum Gasteiger partial charge on any atom is -0.353 e. The van der Waals surface area contributed by atoms with E-state index in [4.69, 9.17) is 11.6 Å². The zero-order valence-corrected chi connectivity index (χ0v) is 14.6. The molecule has 3 rings (SSSR count). The largest absolute Gasteiger partial charge is 0.353 e. The quantitative estimate of drug-likeness (QED) is 0.658. The van der Waals surface area contributed by atoms with E-state index in [1.165, 1.54) is 4.88 Å². The summed E-state index contributed by atoms with van der Waals surface area (Å²) in [7, 11) is 1.80. The van der Waals surface area contributed by atoms with E-state index in [0.29, 0.717) is 11.1 Å². The van der Waals surface area contributed by atoms with E-state index in [0.717, 1.165) is 37.8 Å². The fourth-order valence-corrected chi connectivity index (χ4v) is 3.54. The molecule has 3 heterocycles. The van der Waals surface area contributed by atoms with Gasteiger partial charge in [-0.05, 0) is 30.0 Å². The fraction of sp³-hybridized carbons (Fsp3) is 0.375. The number of aliphatic imine (C=N–C) groups is 1. The maximum absolute atomic E-state index is 6.23. The van der Waals surface area contributed by atoms with Crippen LogP contribution in [-0.2, 0) is 6.54 Å². The summed E-state index contributed by atoms with van der Waals surface area (Å²) in [6.07, 6.45) is 2.82. The van der Waals surface area contributed by atoms with Crippen LogP contribution in [0.15, 0.2) is 40.8 Å². The Hall–Kier alpha value is -1.79. The molecule has 1 unspecified atom stereocenters. The van der Waals surface area contributed by atoms with E-state index < -0.39 is 0 Å². The van der Waals surface area contributed by atoms with Crippen LogP contribution in [0.5, 0.6) is 0 Å². The van der Waals surface area contributed by atoms with Crippen molar-refractivity contribution in [2.75, 3.05) is 25.0 Å². The van der Waals surface area contributed by atoms with Crippen molar-refractivity contribution in [3.8, 4) is 0 Å². The average Bonchev–Trinajstić information content (AvgIpc) is 3.23. The van der Waals surface area contributed by atoms with Crippen molar-refractivity contribution in [3.63, 3.8) is 0 Å². The Labute approximate surface area is 145 Å². The molecule has 2 N–H and O–H groups in total. The second-order valence-electron chi connectivity index (χ2n) is 5.39. The van der Waals surface area contributed by atoms with E-state index in [-0.39, 0.29) is 0 Å². The second kappa shape index (κ2) is 7.66. The zero-order chi connectivity index (χ0) is 16.1. The minimum absolute atomic E-state index is 0.336. The molecule has 0 saturated carbocycles. The van der Waals surface area contributed by atoms with Crippen molar-refractivity contribution in [2.45, 2.75) is 19.0 Å². The molecule has 0 bridgehead atoms. The van der Waals surface area contributed by atoms with E-state index in [9.17, 15) is 0 Å². The van der Waals surface area contributed by atoms with Gasteiger partial charge in [0.25, 0.3) is 0 Å². The summed E-state index contributed by atoms with van der Waals surface area (Å²) in [5, 5.41) is 9.62. The van der Waals surface area contributed by atoms with Crippen molar-refractivity contribution in [2.24, 2.45) is 4.99 Å². The van der Waals surface area contributed by atoms with E-state index in [2.05, 4.69) is 43.0 Å². The Morgan fingerprint density at radius 1 is 1.48 bits per heavy atom. The highest BCUT2D eigenvalue weighted by Gasteiger charge is 2.25. The van der Waals surface area contributed by atoms with Gasteiger partial charge < -0.3 is 15.5 Å². The number of halogens is 1. The highest BCUT2D eigenvalue weighted by atomic mass is 35.5. The fourth-order valence-electron chi connectivity index (χ4n) is 2.65. The van der Waals surface area contributed by atoms with Crippen LogP contribution in [0.1, 0.15) is 11.3 Å². The number of aromatic nitrogens is 1. The lowest BCUT2D eigenvalue weighted by molar-refractivity contribution is 0.649. The summed E-state index contributed by atoms with van der Waals surface area (Å²) in [5.41, 5.74) is 0. The second-order valence-corrected chi connectivity index (χ2v) is 6.83. The first kappa shape index (κ1) is 16.1. The third-order valence-electron chi connectivity index (χ3n) is 3.80. The van der Waals surface area contributed by atoms with Crippen LogP contribution in [0.4, 0.5) is 5.82 Å². The van der Waals surface area contributed by atoms with Crippen LogP contribution < -0.4 is 15.5 Å². The van der Waals surface area contributed by atoms with E-state index in [1.807, 2.05) is 12.1 Å². The third-order valence-corrected chi connectivity index (χ3v) is 4.97. The molecular weight excluding hydrogens is 330 g/mol. The molecular formula is C16H20ClN5S. The molecule has 1 saturated heterocycles. The smallest absolute Gasteiger partial charge is 0.191 e. The SMILES string of the molecule is CN=C(NCc1cccs1)NC1CCN(c2ncccc2Cl)C1. The van der Waals surface area contributed by atoms with Crippen LogP contribution in [-0.4, -0.2) is 37.1 Å². The molecule has 0 aromatic carbocycles. The molecule has 0 amide bonds. The van der Waals surface area contributed by atoms with Gasteiger partial charge in [0.2, 0.25) is 0 Å². The lowest BCUT2D eigenvalue weighted by Crippen LogP contribution is -2.44. The van der Waals surface area contributed by atoms with Crippen molar-refractivity contribution < 1.29 is 0 Å². The summed E-state index contributed by atoms with van der Waals surface area (Å²) in [4.78, 5) is 12.2. The summed E-state index contributed by atoms with van der Waals surface area (Å²) >= 11 is 7.97. The van der Waals surface area contributed by atoms with Crippen LogP contribution in [0.2, 0.25) is 5.02 Å². The first-order valence-corrected chi connectivity index (χ1v) is 8.87. The number of pyridine rings is 1. The monoisotopic (exact) mass is 349 g/mol. The van der Waals surface area contributed by atoms with Gasteiger partial charge in [-0.15, -0.1) is 11.3 Å². The van der Waals surface area contributed by atoms with E-state index in [1.54, 1.807) is 24.6 Å². The van der Waals surface area contributed by atoms with Gasteiger partial charge in [0.15, 0.2) is 5.96 Å². The Morgan fingerprint density at radius 3 is 3.13 bits per heavy atom. The van der Waals surface area contributed by atoms with Gasteiger partial charge in [-0.1, -0.05) is 17.7 Å². The van der Waals surface area contributed by atoms with Crippen LogP contribution >= 0.6 is 22.9 Å². The Balaban J connectivity index is 1.53. The van der Waals surface area contributed by atoms with Crippen LogP contribution in [0, 0.1) is 0 Å². The van der Waals surface area contributed by atoms with Gasteiger partial charge in [0.05, 0.1) is 11.6 Å². The van der Waals surface area contributed by atoms with Crippen molar-refractivity contribution in [1.82, 2.24) is 15.6 Å². The number of nitrogens with one attached hydrogen (secondary N) is 2. The summed E-state index contributed by atoms with van der Waals surface area (Å²) in [5.74, 6) is 1.69. The molecule has 2 aromatic heterocycles. The van der Waals surface area contributed by atoms with Gasteiger partial charge in [-0.3, -0.25) is 4.99 Å². The maximum atomic E-state index is 6.23. The predicted molar refractivity (Wildman–Crippen MR) is 97.5 cm³/mol. The average molecular weight is 350 g/mol. The van der Waals surface area contributed by atoms with Gasteiger partial charge in [-0.2, -0.15) is 0 Å². The predicted octanol–water partition coefficient (Wildman–Crippen LogP) is 2.74. The standard InChI is InChI=1S/C16H20ClN5S/c1-18-16(20-10-13-4-3-9-23-13)21-12-6-8-22(11-12)15-14(17)5-2-7-19-15/h2-5,7,9,12H,6,8,10-11H2,1H3,(H2,18,20,21). The molecule has 23 heavy (non-hydrogen) atoms. The summed E-state index contributed by atoms with van der Waals surface area (Å²) in [6.45, 7) is 2.60. The third kappa shape index (κ3) is 4.14. The first-order chi connectivity index (χ1) is 11.3. The Morgan fingerprint density at radius 2 is 2.39 bits per heavy atom. The lowest BCUT2D eigenvalue weighted by atomic mass is 10.3. The summed E-state index contributed by atoms with van der Waals surface area (Å²) < 4.78 is 0. The number of hydrogen-bond donors (Lipinski definition) is 2. The molecule has 1 atom stereocenters. The maximum Gasteiger partial charge on any atom is 0.191 e. The molecule has 0 spiro atoms. The molecule has 1 fully saturated rings. The van der Waals surface area contributed by atoms with Gasteiger partial charge in [0.1, 0.15) is 5.82 Å². The molecule has 1 aliphatic heterocycles. The number of thiophene rings is 1. The first-order valence-electron chi connectivity index (χ1n) is 7.61. The van der Waals surface area contributed by atoms with Crippen molar-refractivity contribution in [3.05, 3.63) is 45.7 Å². The van der Waals surface area contributed by atoms with Gasteiger partial charge >= 0.3 is 0 Å². The molecule has 2 aromatic rings. The lowest BCUT2D eigenvalue weighted by Gasteiger charge is -2.20. The van der Waals surface area contributed by atoms with Crippen molar-refractivity contribution >= 4 is 34.7 Å². The number of hydrogen-bond acceptors (Lipinski definition) is 4. The number of guanidine groups is 1. The van der Waals surface area contributed by atoms with Gasteiger partial charge in [-0.25, -0.2) is 4.98 Å². The van der Waals surface area contributed by atoms with Crippen LogP contribution in [0.3, 0.4) is 0 Å². The molecule has 7 heteroatoms. The van der Waals surface area contributed by atoms with Crippen molar-refractivity contribution in [1.29, 1.82) is 0 Å². The molecule has 0 radical (unpaired) electrons. The number of anilines is 1. The Bertz CT molecular complexity index is 658. The normalized spacial score (nSPS) is 18.3. The highest BCUT2D eigenvalue weighted by Crippen LogP contribution is 2.25. The minimum atomic E-state index is 0.336. The van der Waals surface area contributed by atoms with E-state index >= 15 is 0 Å².